The summed E-state index contributed by atoms with van der Waals surface area (Å²) in [5, 5.41) is 0. The summed E-state index contributed by atoms with van der Waals surface area (Å²) in [7, 11) is 0. The van der Waals surface area contributed by atoms with Gasteiger partial charge in [-0.15, -0.1) is 0 Å². The van der Waals surface area contributed by atoms with E-state index >= 15 is 0 Å². The van der Waals surface area contributed by atoms with Crippen LogP contribution in [0.25, 0.3) is 0 Å². The Morgan fingerprint density at radius 2 is 0.750 bits per heavy atom. The molecular weight excluding hydrogens is 498 g/mol. The van der Waals surface area contributed by atoms with Crippen LogP contribution in [0.1, 0.15) is 0 Å². The molecule has 0 saturated carbocycles. The summed E-state index contributed by atoms with van der Waals surface area (Å²) in [5.41, 5.74) is 0. The van der Waals surface area contributed by atoms with Gasteiger partial charge < -0.3 is 32.1 Å². The van der Waals surface area contributed by atoms with Crippen LogP contribution in [0.3, 0.4) is 0 Å². The van der Waals surface area contributed by atoms with Crippen LogP contribution in [-0.2, 0) is 38.9 Å². The van der Waals surface area contributed by atoms with Crippen molar-refractivity contribution >= 4 is 68.2 Å². The Kier molecular flexibility index (Phi) is 81.1. The Morgan fingerprint density at radius 1 is 0.750 bits per heavy atom. The molecule has 0 amide bonds. The van der Waals surface area contributed by atoms with Crippen molar-refractivity contribution in [3.63, 3.8) is 0 Å². The number of carbonyl (C=O) groups is 1. The van der Waals surface area contributed by atoms with Crippen molar-refractivity contribution in [3.05, 3.63) is 0 Å². The van der Waals surface area contributed by atoms with Crippen LogP contribution in [-0.4, -0.2) is 74.0 Å². The van der Waals surface area contributed by atoms with E-state index < -0.39 is 34.1 Å². The van der Waals surface area contributed by atoms with Gasteiger partial charge in [-0.3, -0.25) is 0 Å². The van der Waals surface area contributed by atoms with Crippen molar-refractivity contribution in [1.82, 2.24) is 0 Å². The molecule has 0 aliphatic heterocycles. The molecular formula is CH5NaO10PbS3. The quantitative estimate of drug-likeness (QED) is 0.212. The van der Waals surface area contributed by atoms with Crippen LogP contribution in [0.5, 0.6) is 0 Å². The van der Waals surface area contributed by atoms with Gasteiger partial charge in [-0.2, -0.15) is 0 Å². The van der Waals surface area contributed by atoms with Crippen LogP contribution < -0.4 is 29.6 Å². The van der Waals surface area contributed by atoms with Gasteiger partial charge in [0.15, 0.2) is 0 Å². The third-order valence-corrected chi connectivity index (χ3v) is 0. The summed E-state index contributed by atoms with van der Waals surface area (Å²) < 4.78 is 72.2. The van der Waals surface area contributed by atoms with E-state index in [0.29, 0.717) is 0 Å². The van der Waals surface area contributed by atoms with Crippen LogP contribution in [0, 0.1) is 0 Å². The molecule has 0 saturated heterocycles. The second kappa shape index (κ2) is 36.0. The summed E-state index contributed by atoms with van der Waals surface area (Å²) in [6.07, 6.45) is 0. The van der Waals surface area contributed by atoms with Crippen LogP contribution in [0.15, 0.2) is 0 Å². The predicted octanol–water partition coefficient (Wildman–Crippen LogP) is -5.55. The first-order valence-corrected chi connectivity index (χ1v) is 4.93. The first kappa shape index (κ1) is 36.1. The van der Waals surface area contributed by atoms with E-state index in [2.05, 4.69) is 0 Å². The van der Waals surface area contributed by atoms with Crippen molar-refractivity contribution in [2.24, 2.45) is 0 Å². The minimum Gasteiger partial charge on any atom is -0.750 e. The molecule has 0 bridgehead atoms. The van der Waals surface area contributed by atoms with Gasteiger partial charge in [0.25, 0.3) is 0 Å². The molecule has 0 aromatic heterocycles. The monoisotopic (exact) mass is 504 g/mol. The van der Waals surface area contributed by atoms with E-state index in [9.17, 15) is 0 Å². The zero-order chi connectivity index (χ0) is 12.7. The Balaban J connectivity index is -0.0000000205. The number of carbonyl (C=O) groups excluding carboxylic acids is 1. The molecule has 0 aromatic carbocycles. The third-order valence-electron chi connectivity index (χ3n) is 0. The largest absolute Gasteiger partial charge is 2.00 e. The van der Waals surface area contributed by atoms with E-state index in [4.69, 9.17) is 44.7 Å². The molecule has 15 heteroatoms. The van der Waals surface area contributed by atoms with Gasteiger partial charge in [0.05, 0.1) is 34.1 Å². The predicted molar refractivity (Wildman–Crippen MR) is 47.5 cm³/mol. The fraction of sp³-hybridized carbons (Fsp3) is 0. The molecule has 3 atom stereocenters. The zero-order valence-corrected chi connectivity index (χ0v) is 16.0. The molecule has 0 rings (SSSR count). The minimum atomic E-state index is -2.86. The zero-order valence-electron chi connectivity index (χ0n) is 7.63. The second-order valence-electron chi connectivity index (χ2n) is 0.651. The van der Waals surface area contributed by atoms with Gasteiger partial charge in [-0.25, -0.2) is 12.6 Å². The molecule has 16 heavy (non-hydrogen) atoms. The molecule has 0 aliphatic carbocycles. The molecule has 92 valence electrons. The van der Waals surface area contributed by atoms with E-state index in [1.807, 2.05) is 6.79 Å². The van der Waals surface area contributed by atoms with E-state index in [1.165, 1.54) is 0 Å². The summed E-state index contributed by atoms with van der Waals surface area (Å²) in [5.74, 6) is 0. The first-order valence-electron chi connectivity index (χ1n) is 1.84. The molecule has 0 spiro atoms. The summed E-state index contributed by atoms with van der Waals surface area (Å²) in [4.78, 5) is 8.00. The summed E-state index contributed by atoms with van der Waals surface area (Å²) in [6, 6.07) is 0. The van der Waals surface area contributed by atoms with Gasteiger partial charge in [0, 0.05) is 0 Å². The maximum atomic E-state index is 8.56. The fourth-order valence-electron chi connectivity index (χ4n) is 0. The molecule has 3 unspecified atom stereocenters. The molecule has 3 N–H and O–H groups in total. The topological polar surface area (TPSA) is 198 Å². The minimum absolute atomic E-state index is 0. The average Bonchev–Trinajstić information content (AvgIpc) is 1.86. The number of rotatable bonds is 0. The summed E-state index contributed by atoms with van der Waals surface area (Å²) >= 11 is -8.58. The average molecular weight is 503 g/mol. The van der Waals surface area contributed by atoms with Crippen LogP contribution in [0.2, 0.25) is 0 Å². The van der Waals surface area contributed by atoms with Gasteiger partial charge in [0.1, 0.15) is 6.79 Å². The van der Waals surface area contributed by atoms with Gasteiger partial charge in [0.2, 0.25) is 0 Å². The van der Waals surface area contributed by atoms with Crippen molar-refractivity contribution < 1.29 is 74.3 Å². The third kappa shape index (κ3) is 1070. The standard InChI is InChI=1S/CH2O.Na.3H2O3S.Pb/c1-2;;3*1-4(2)3;/h1H2;;3*(H2,1,2,3);/q;+1;;;;+2/p-3. The van der Waals surface area contributed by atoms with Crippen molar-refractivity contribution in [2.75, 3.05) is 0 Å². The van der Waals surface area contributed by atoms with Gasteiger partial charge in [-0.1, -0.05) is 0 Å². The number of hydrogen-bond acceptors (Lipinski definition) is 7. The molecule has 0 heterocycles. The normalized spacial score (nSPS) is 11.9. The van der Waals surface area contributed by atoms with Gasteiger partial charge >= 0.3 is 56.9 Å². The molecule has 2 radical (unpaired) electrons. The summed E-state index contributed by atoms with van der Waals surface area (Å²) in [6.45, 7) is 2.00. The number of hydrogen-bond donors (Lipinski definition) is 3. The Hall–Kier alpha value is 1.80. The van der Waals surface area contributed by atoms with Crippen molar-refractivity contribution in [1.29, 1.82) is 0 Å². The van der Waals surface area contributed by atoms with Gasteiger partial charge in [-0.05, 0) is 0 Å². The Bertz CT molecular complexity index is 135. The second-order valence-corrected chi connectivity index (χ2v) is 1.95. The smallest absolute Gasteiger partial charge is 0.750 e. The molecule has 0 aliphatic rings. The molecule has 0 aromatic rings. The van der Waals surface area contributed by atoms with E-state index in [-0.39, 0.29) is 56.9 Å². The SMILES string of the molecule is C=O.O=S([O-])O.O=S([O-])O.O=S([O-])O.[Na+].[Pb+2]. The van der Waals surface area contributed by atoms with Crippen molar-refractivity contribution in [2.45, 2.75) is 0 Å². The first-order chi connectivity index (χ1) is 6.20. The van der Waals surface area contributed by atoms with E-state index in [1.54, 1.807) is 0 Å². The van der Waals surface area contributed by atoms with Crippen LogP contribution >= 0.6 is 0 Å². The van der Waals surface area contributed by atoms with Crippen molar-refractivity contribution in [3.8, 4) is 0 Å². The maximum Gasteiger partial charge on any atom is 2.00 e. The van der Waals surface area contributed by atoms with Crippen LogP contribution in [0.4, 0.5) is 0 Å². The maximum absolute atomic E-state index is 8.56. The molecule has 10 nitrogen and oxygen atoms in total. The molecule has 0 fully saturated rings. The van der Waals surface area contributed by atoms with E-state index in [0.717, 1.165) is 0 Å². The fourth-order valence-corrected chi connectivity index (χ4v) is 0. The Morgan fingerprint density at radius 3 is 0.750 bits per heavy atom. The Labute approximate surface area is 141 Å².